The van der Waals surface area contributed by atoms with Crippen LogP contribution in [0.2, 0.25) is 0 Å². The zero-order valence-corrected chi connectivity index (χ0v) is 17.5. The monoisotopic (exact) mass is 403 g/mol. The number of para-hydroxylation sites is 2. The Balaban J connectivity index is 2.06. The van der Waals surface area contributed by atoms with Crippen molar-refractivity contribution in [2.75, 3.05) is 18.6 Å². The molecule has 0 spiro atoms. The highest BCUT2D eigenvalue weighted by molar-refractivity contribution is 7.90. The number of nitrogens with zero attached hydrogens (tertiary/aromatic N) is 1. The molecule has 0 radical (unpaired) electrons. The largest absolute Gasteiger partial charge is 0.457 e. The Morgan fingerprint density at radius 1 is 1.11 bits per heavy atom. The Labute approximate surface area is 168 Å². The van der Waals surface area contributed by atoms with Gasteiger partial charge in [0, 0.05) is 24.4 Å². The summed E-state index contributed by atoms with van der Waals surface area (Å²) in [6.45, 7) is 5.10. The van der Waals surface area contributed by atoms with E-state index in [1.807, 2.05) is 68.4 Å². The SMILES string of the molecule is CCNC(=NCc1ccccc1Oc1ccccc1)NC(C)CCS(C)(=O)=O. The molecule has 0 heterocycles. The van der Waals surface area contributed by atoms with E-state index in [1.54, 1.807) is 0 Å². The summed E-state index contributed by atoms with van der Waals surface area (Å²) in [5.74, 6) is 2.34. The molecule has 0 bridgehead atoms. The fourth-order valence-corrected chi connectivity index (χ4v) is 3.31. The average Bonchev–Trinajstić information content (AvgIpc) is 2.66. The smallest absolute Gasteiger partial charge is 0.191 e. The minimum Gasteiger partial charge on any atom is -0.457 e. The van der Waals surface area contributed by atoms with Gasteiger partial charge in [0.05, 0.1) is 12.3 Å². The van der Waals surface area contributed by atoms with Crippen LogP contribution in [-0.4, -0.2) is 39.0 Å². The highest BCUT2D eigenvalue weighted by atomic mass is 32.2. The minimum atomic E-state index is -2.97. The summed E-state index contributed by atoms with van der Waals surface area (Å²) in [7, 11) is -2.97. The van der Waals surface area contributed by atoms with E-state index in [9.17, 15) is 8.42 Å². The van der Waals surface area contributed by atoms with Crippen molar-refractivity contribution in [2.24, 2.45) is 4.99 Å². The van der Waals surface area contributed by atoms with Crippen LogP contribution in [0.15, 0.2) is 59.6 Å². The molecule has 28 heavy (non-hydrogen) atoms. The number of benzene rings is 2. The summed E-state index contributed by atoms with van der Waals surface area (Å²) < 4.78 is 28.7. The van der Waals surface area contributed by atoms with E-state index in [0.717, 1.165) is 17.1 Å². The summed E-state index contributed by atoms with van der Waals surface area (Å²) in [4.78, 5) is 4.64. The molecule has 0 aliphatic rings. The number of sulfone groups is 1. The lowest BCUT2D eigenvalue weighted by Gasteiger charge is -2.18. The number of guanidine groups is 1. The van der Waals surface area contributed by atoms with Gasteiger partial charge < -0.3 is 15.4 Å². The second kappa shape index (κ2) is 10.7. The van der Waals surface area contributed by atoms with Crippen molar-refractivity contribution >= 4 is 15.8 Å². The molecule has 0 amide bonds. The van der Waals surface area contributed by atoms with Crippen LogP contribution >= 0.6 is 0 Å². The number of aliphatic imine (C=N–C) groups is 1. The molecule has 2 N–H and O–H groups in total. The Morgan fingerprint density at radius 3 is 2.46 bits per heavy atom. The lowest BCUT2D eigenvalue weighted by molar-refractivity contribution is 0.476. The molecule has 1 unspecified atom stereocenters. The first kappa shape index (κ1) is 21.8. The van der Waals surface area contributed by atoms with Gasteiger partial charge >= 0.3 is 0 Å². The molecule has 0 aliphatic heterocycles. The van der Waals surface area contributed by atoms with Crippen LogP contribution in [0.5, 0.6) is 11.5 Å². The van der Waals surface area contributed by atoms with Gasteiger partial charge in [-0.1, -0.05) is 36.4 Å². The first-order chi connectivity index (χ1) is 13.4. The topological polar surface area (TPSA) is 79.8 Å². The molecule has 6 nitrogen and oxygen atoms in total. The molecule has 0 aromatic heterocycles. The summed E-state index contributed by atoms with van der Waals surface area (Å²) in [6, 6.07) is 17.4. The van der Waals surface area contributed by atoms with E-state index >= 15 is 0 Å². The maximum Gasteiger partial charge on any atom is 0.191 e. The fourth-order valence-electron chi connectivity index (χ4n) is 2.53. The number of hydrogen-bond acceptors (Lipinski definition) is 4. The number of rotatable bonds is 9. The Morgan fingerprint density at radius 2 is 1.79 bits per heavy atom. The third-order valence-corrected chi connectivity index (χ3v) is 4.98. The summed E-state index contributed by atoms with van der Waals surface area (Å²) in [6.07, 6.45) is 1.78. The van der Waals surface area contributed by atoms with Gasteiger partial charge in [-0.25, -0.2) is 13.4 Å². The standard InChI is InChI=1S/C21H29N3O3S/c1-4-22-21(24-17(2)14-15-28(3,25)26)23-16-18-10-8-9-13-20(18)27-19-11-6-5-7-12-19/h5-13,17H,4,14-16H2,1-3H3,(H2,22,23,24). The van der Waals surface area contributed by atoms with Crippen LogP contribution in [-0.2, 0) is 16.4 Å². The lowest BCUT2D eigenvalue weighted by Crippen LogP contribution is -2.42. The molecule has 2 aromatic carbocycles. The van der Waals surface area contributed by atoms with E-state index in [4.69, 9.17) is 4.74 Å². The zero-order chi connectivity index (χ0) is 20.4. The van der Waals surface area contributed by atoms with Gasteiger partial charge in [0.25, 0.3) is 0 Å². The van der Waals surface area contributed by atoms with Gasteiger partial charge in [0.15, 0.2) is 5.96 Å². The zero-order valence-electron chi connectivity index (χ0n) is 16.7. The third kappa shape index (κ3) is 8.00. The summed E-state index contributed by atoms with van der Waals surface area (Å²) in [5, 5.41) is 6.46. The predicted molar refractivity (Wildman–Crippen MR) is 115 cm³/mol. The minimum absolute atomic E-state index is 0.0108. The first-order valence-corrected chi connectivity index (χ1v) is 11.5. The quantitative estimate of drug-likeness (QED) is 0.496. The number of hydrogen-bond donors (Lipinski definition) is 2. The van der Waals surface area contributed by atoms with Gasteiger partial charge in [0.2, 0.25) is 0 Å². The van der Waals surface area contributed by atoms with Crippen molar-refractivity contribution in [3.05, 3.63) is 60.2 Å². The molecule has 0 saturated heterocycles. The van der Waals surface area contributed by atoms with Crippen LogP contribution in [0.25, 0.3) is 0 Å². The molecular formula is C21H29N3O3S. The second-order valence-corrected chi connectivity index (χ2v) is 8.94. The summed E-state index contributed by atoms with van der Waals surface area (Å²) >= 11 is 0. The van der Waals surface area contributed by atoms with Crippen molar-refractivity contribution < 1.29 is 13.2 Å². The van der Waals surface area contributed by atoms with Crippen molar-refractivity contribution in [2.45, 2.75) is 32.9 Å². The maximum atomic E-state index is 11.4. The van der Waals surface area contributed by atoms with Crippen LogP contribution in [0.1, 0.15) is 25.8 Å². The van der Waals surface area contributed by atoms with E-state index in [0.29, 0.717) is 25.5 Å². The fraction of sp³-hybridized carbons (Fsp3) is 0.381. The molecule has 0 saturated carbocycles. The summed E-state index contributed by atoms with van der Waals surface area (Å²) in [5.41, 5.74) is 0.965. The molecule has 1 atom stereocenters. The molecule has 0 aliphatic carbocycles. The predicted octanol–water partition coefficient (Wildman–Crippen LogP) is 3.36. The Kier molecular flexibility index (Phi) is 8.32. The van der Waals surface area contributed by atoms with Gasteiger partial charge in [-0.15, -0.1) is 0 Å². The first-order valence-electron chi connectivity index (χ1n) is 9.40. The van der Waals surface area contributed by atoms with E-state index in [2.05, 4.69) is 15.6 Å². The molecule has 2 aromatic rings. The second-order valence-electron chi connectivity index (χ2n) is 6.68. The highest BCUT2D eigenvalue weighted by Gasteiger charge is 2.10. The van der Waals surface area contributed by atoms with Crippen molar-refractivity contribution in [1.29, 1.82) is 0 Å². The van der Waals surface area contributed by atoms with Crippen LogP contribution in [0.4, 0.5) is 0 Å². The molecular weight excluding hydrogens is 374 g/mol. The van der Waals surface area contributed by atoms with Crippen molar-refractivity contribution in [3.8, 4) is 11.5 Å². The van der Waals surface area contributed by atoms with Crippen molar-refractivity contribution in [1.82, 2.24) is 10.6 Å². The Bertz CT molecular complexity index is 867. The van der Waals surface area contributed by atoms with Crippen LogP contribution in [0, 0.1) is 0 Å². The lowest BCUT2D eigenvalue weighted by atomic mass is 10.2. The molecule has 7 heteroatoms. The maximum absolute atomic E-state index is 11.4. The highest BCUT2D eigenvalue weighted by Crippen LogP contribution is 2.25. The van der Waals surface area contributed by atoms with E-state index in [-0.39, 0.29) is 11.8 Å². The van der Waals surface area contributed by atoms with Crippen LogP contribution < -0.4 is 15.4 Å². The van der Waals surface area contributed by atoms with E-state index in [1.165, 1.54) is 6.26 Å². The van der Waals surface area contributed by atoms with Gasteiger partial charge in [0.1, 0.15) is 21.3 Å². The van der Waals surface area contributed by atoms with Crippen molar-refractivity contribution in [3.63, 3.8) is 0 Å². The molecule has 152 valence electrons. The van der Waals surface area contributed by atoms with Gasteiger partial charge in [-0.3, -0.25) is 0 Å². The van der Waals surface area contributed by atoms with Gasteiger partial charge in [-0.05, 0) is 38.5 Å². The van der Waals surface area contributed by atoms with E-state index < -0.39 is 9.84 Å². The van der Waals surface area contributed by atoms with Crippen LogP contribution in [0.3, 0.4) is 0 Å². The van der Waals surface area contributed by atoms with Gasteiger partial charge in [-0.2, -0.15) is 0 Å². The third-order valence-electron chi connectivity index (χ3n) is 4.00. The average molecular weight is 404 g/mol. The number of nitrogens with one attached hydrogen (secondary N) is 2. The molecule has 0 fully saturated rings. The Hall–Kier alpha value is -2.54. The number of ether oxygens (including phenoxy) is 1. The molecule has 2 rings (SSSR count). The normalized spacial score (nSPS) is 13.0.